The summed E-state index contributed by atoms with van der Waals surface area (Å²) in [5, 5.41) is 12.7. The summed E-state index contributed by atoms with van der Waals surface area (Å²) in [5.41, 5.74) is 1.02. The number of carbonyl (C=O) groups is 1. The van der Waals surface area contributed by atoms with E-state index in [9.17, 15) is 9.90 Å². The lowest BCUT2D eigenvalue weighted by Crippen LogP contribution is -2.43. The van der Waals surface area contributed by atoms with Crippen LogP contribution in [0.15, 0.2) is 60.7 Å². The van der Waals surface area contributed by atoms with Gasteiger partial charge in [-0.3, -0.25) is 4.79 Å². The zero-order valence-corrected chi connectivity index (χ0v) is 19.2. The molecule has 0 aliphatic carbocycles. The molecule has 0 unspecified atom stereocenters. The quantitative estimate of drug-likeness (QED) is 0.530. The molecule has 1 aliphatic rings. The van der Waals surface area contributed by atoms with Gasteiger partial charge in [-0.05, 0) is 49.4 Å². The standard InChI is InChI=1S/C27H31NO5/c1-19(2)28(27(30)13-11-20-10-12-25-26(16-20)32-15-14-31-25)17-22(29)18-33-24-9-5-7-21-6-3-4-8-23(21)24/h3-10,12,16,19,22,29H,11,13-15,17-18H2,1-2H3/t22-/m1/s1. The Morgan fingerprint density at radius 3 is 2.61 bits per heavy atom. The summed E-state index contributed by atoms with van der Waals surface area (Å²) < 4.78 is 17.1. The number of aryl methyl sites for hydroxylation is 1. The Bertz CT molecular complexity index is 1090. The Morgan fingerprint density at radius 1 is 1.03 bits per heavy atom. The van der Waals surface area contributed by atoms with E-state index in [0.29, 0.717) is 26.1 Å². The maximum Gasteiger partial charge on any atom is 0.223 e. The van der Waals surface area contributed by atoms with Gasteiger partial charge in [0.05, 0.1) is 6.54 Å². The third-order valence-electron chi connectivity index (χ3n) is 5.77. The lowest BCUT2D eigenvalue weighted by Gasteiger charge is -2.29. The SMILES string of the molecule is CC(C)N(C[C@@H](O)COc1cccc2ccccc12)C(=O)CCc1ccc2c(c1)OCCO2. The van der Waals surface area contributed by atoms with Gasteiger partial charge in [-0.15, -0.1) is 0 Å². The van der Waals surface area contributed by atoms with E-state index in [2.05, 4.69) is 0 Å². The second-order valence-corrected chi connectivity index (χ2v) is 8.56. The fraction of sp³-hybridized carbons (Fsp3) is 0.370. The zero-order valence-electron chi connectivity index (χ0n) is 19.2. The molecule has 1 amide bonds. The highest BCUT2D eigenvalue weighted by Gasteiger charge is 2.21. The molecule has 0 fully saturated rings. The van der Waals surface area contributed by atoms with Crippen LogP contribution in [0.4, 0.5) is 0 Å². The van der Waals surface area contributed by atoms with E-state index < -0.39 is 6.10 Å². The Labute approximate surface area is 194 Å². The summed E-state index contributed by atoms with van der Waals surface area (Å²) >= 11 is 0. The predicted octanol–water partition coefficient (Wildman–Crippen LogP) is 4.22. The number of amides is 1. The number of carbonyl (C=O) groups excluding carboxylic acids is 1. The maximum atomic E-state index is 12.9. The largest absolute Gasteiger partial charge is 0.490 e. The van der Waals surface area contributed by atoms with E-state index in [4.69, 9.17) is 14.2 Å². The van der Waals surface area contributed by atoms with E-state index in [-0.39, 0.29) is 25.1 Å². The molecule has 6 heteroatoms. The average molecular weight is 450 g/mol. The molecule has 1 heterocycles. The van der Waals surface area contributed by atoms with Crippen LogP contribution in [0.3, 0.4) is 0 Å². The average Bonchev–Trinajstić information content (AvgIpc) is 2.84. The fourth-order valence-corrected chi connectivity index (χ4v) is 4.03. The Balaban J connectivity index is 1.32. The first-order chi connectivity index (χ1) is 16.0. The van der Waals surface area contributed by atoms with Crippen molar-refractivity contribution in [2.75, 3.05) is 26.4 Å². The van der Waals surface area contributed by atoms with Crippen LogP contribution in [0, 0.1) is 0 Å². The number of benzene rings is 3. The second-order valence-electron chi connectivity index (χ2n) is 8.56. The van der Waals surface area contributed by atoms with Crippen molar-refractivity contribution < 1.29 is 24.1 Å². The number of hydrogen-bond donors (Lipinski definition) is 1. The lowest BCUT2D eigenvalue weighted by molar-refractivity contribution is -0.134. The summed E-state index contributed by atoms with van der Waals surface area (Å²) in [6.07, 6.45) is 0.167. The highest BCUT2D eigenvalue weighted by molar-refractivity contribution is 5.88. The van der Waals surface area contributed by atoms with Crippen molar-refractivity contribution in [1.29, 1.82) is 0 Å². The first-order valence-corrected chi connectivity index (χ1v) is 11.5. The van der Waals surface area contributed by atoms with Crippen LogP contribution in [0.2, 0.25) is 0 Å². The number of nitrogens with zero attached hydrogens (tertiary/aromatic N) is 1. The van der Waals surface area contributed by atoms with Crippen LogP contribution in [-0.4, -0.2) is 54.4 Å². The Kier molecular flexibility index (Phi) is 7.35. The molecular formula is C27H31NO5. The predicted molar refractivity (Wildman–Crippen MR) is 128 cm³/mol. The smallest absolute Gasteiger partial charge is 0.223 e. The van der Waals surface area contributed by atoms with Gasteiger partial charge in [0.2, 0.25) is 5.91 Å². The highest BCUT2D eigenvalue weighted by Crippen LogP contribution is 2.31. The monoisotopic (exact) mass is 449 g/mol. The minimum absolute atomic E-state index is 0.00380. The van der Waals surface area contributed by atoms with Crippen molar-refractivity contribution in [1.82, 2.24) is 4.90 Å². The van der Waals surface area contributed by atoms with E-state index in [1.54, 1.807) is 4.90 Å². The highest BCUT2D eigenvalue weighted by atomic mass is 16.6. The van der Waals surface area contributed by atoms with E-state index in [0.717, 1.165) is 33.6 Å². The van der Waals surface area contributed by atoms with Gasteiger partial charge in [0.1, 0.15) is 31.7 Å². The summed E-state index contributed by atoms with van der Waals surface area (Å²) in [6, 6.07) is 19.6. The van der Waals surface area contributed by atoms with Crippen LogP contribution in [0.25, 0.3) is 10.8 Å². The molecule has 6 nitrogen and oxygen atoms in total. The minimum Gasteiger partial charge on any atom is -0.490 e. The number of hydrogen-bond acceptors (Lipinski definition) is 5. The van der Waals surface area contributed by atoms with Gasteiger partial charge in [-0.2, -0.15) is 0 Å². The second kappa shape index (κ2) is 10.6. The molecule has 0 aromatic heterocycles. The molecule has 1 aliphatic heterocycles. The normalized spacial score (nSPS) is 13.7. The molecular weight excluding hydrogens is 418 g/mol. The number of aliphatic hydroxyl groups excluding tert-OH is 1. The third kappa shape index (κ3) is 5.76. The number of fused-ring (bicyclic) bond motifs is 2. The molecule has 3 aromatic carbocycles. The van der Waals surface area contributed by atoms with Crippen molar-refractivity contribution in [2.45, 2.75) is 38.8 Å². The molecule has 174 valence electrons. The van der Waals surface area contributed by atoms with Gasteiger partial charge in [-0.25, -0.2) is 0 Å². The van der Waals surface area contributed by atoms with Gasteiger partial charge in [0, 0.05) is 17.8 Å². The molecule has 0 radical (unpaired) electrons. The third-order valence-corrected chi connectivity index (χ3v) is 5.77. The van der Waals surface area contributed by atoms with Gasteiger partial charge in [-0.1, -0.05) is 42.5 Å². The van der Waals surface area contributed by atoms with Crippen molar-refractivity contribution >= 4 is 16.7 Å². The van der Waals surface area contributed by atoms with E-state index >= 15 is 0 Å². The summed E-state index contributed by atoms with van der Waals surface area (Å²) in [7, 11) is 0. The molecule has 4 rings (SSSR count). The van der Waals surface area contributed by atoms with Crippen molar-refractivity contribution in [3.05, 3.63) is 66.2 Å². The molecule has 0 saturated heterocycles. The van der Waals surface area contributed by atoms with E-state index in [1.807, 2.05) is 74.5 Å². The Hall–Kier alpha value is -3.25. The molecule has 33 heavy (non-hydrogen) atoms. The number of rotatable bonds is 9. The van der Waals surface area contributed by atoms with Crippen molar-refractivity contribution in [3.8, 4) is 17.2 Å². The van der Waals surface area contributed by atoms with Crippen LogP contribution >= 0.6 is 0 Å². The summed E-state index contributed by atoms with van der Waals surface area (Å²) in [5.74, 6) is 2.21. The molecule has 0 spiro atoms. The number of aliphatic hydroxyl groups is 1. The number of ether oxygens (including phenoxy) is 3. The fourth-order valence-electron chi connectivity index (χ4n) is 4.03. The van der Waals surface area contributed by atoms with Gasteiger partial charge in [0.25, 0.3) is 0 Å². The molecule has 0 bridgehead atoms. The molecule has 1 N–H and O–H groups in total. The van der Waals surface area contributed by atoms with Crippen LogP contribution < -0.4 is 14.2 Å². The topological polar surface area (TPSA) is 68.2 Å². The molecule has 3 aromatic rings. The van der Waals surface area contributed by atoms with Gasteiger partial charge >= 0.3 is 0 Å². The van der Waals surface area contributed by atoms with Crippen LogP contribution in [0.1, 0.15) is 25.8 Å². The molecule has 1 atom stereocenters. The van der Waals surface area contributed by atoms with Gasteiger partial charge in [0.15, 0.2) is 11.5 Å². The lowest BCUT2D eigenvalue weighted by atomic mass is 10.1. The first kappa shape index (κ1) is 22.9. The van der Waals surface area contributed by atoms with Crippen LogP contribution in [0.5, 0.6) is 17.2 Å². The maximum absolute atomic E-state index is 12.9. The molecule has 0 saturated carbocycles. The van der Waals surface area contributed by atoms with Gasteiger partial charge < -0.3 is 24.2 Å². The summed E-state index contributed by atoms with van der Waals surface area (Å²) in [6.45, 7) is 5.35. The van der Waals surface area contributed by atoms with Crippen molar-refractivity contribution in [3.63, 3.8) is 0 Å². The Morgan fingerprint density at radius 2 is 1.79 bits per heavy atom. The van der Waals surface area contributed by atoms with Crippen LogP contribution in [-0.2, 0) is 11.2 Å². The zero-order chi connectivity index (χ0) is 23.2. The summed E-state index contributed by atoms with van der Waals surface area (Å²) in [4.78, 5) is 14.7. The first-order valence-electron chi connectivity index (χ1n) is 11.5. The minimum atomic E-state index is -0.787. The van der Waals surface area contributed by atoms with Crippen molar-refractivity contribution in [2.24, 2.45) is 0 Å². The van der Waals surface area contributed by atoms with E-state index in [1.165, 1.54) is 0 Å².